The van der Waals surface area contributed by atoms with Crippen LogP contribution in [-0.2, 0) is 9.47 Å². The molecule has 0 saturated carbocycles. The van der Waals surface area contributed by atoms with E-state index in [1.54, 1.807) is 0 Å². The van der Waals surface area contributed by atoms with Crippen LogP contribution in [0.2, 0.25) is 0 Å². The van der Waals surface area contributed by atoms with E-state index in [9.17, 15) is 0 Å². The van der Waals surface area contributed by atoms with Gasteiger partial charge >= 0.3 is 0 Å². The standard InChI is InChI=1S/C14H20O2/c1-10(2)15-13(5)16-12(4)14-9-7-6-8-11(14)3/h6-10,13H,4H2,1-3,5H3. The lowest BCUT2D eigenvalue weighted by Gasteiger charge is -2.20. The average molecular weight is 220 g/mol. The third kappa shape index (κ3) is 3.70. The Morgan fingerprint density at radius 2 is 1.81 bits per heavy atom. The maximum atomic E-state index is 5.61. The highest BCUT2D eigenvalue weighted by Gasteiger charge is 2.09. The molecule has 1 aromatic carbocycles. The molecule has 0 amide bonds. The second kappa shape index (κ2) is 5.71. The predicted molar refractivity (Wildman–Crippen MR) is 67.0 cm³/mol. The van der Waals surface area contributed by atoms with E-state index >= 15 is 0 Å². The van der Waals surface area contributed by atoms with Gasteiger partial charge in [-0.2, -0.15) is 0 Å². The number of benzene rings is 1. The largest absolute Gasteiger partial charge is 0.465 e. The highest BCUT2D eigenvalue weighted by atomic mass is 16.7. The van der Waals surface area contributed by atoms with Crippen molar-refractivity contribution >= 4 is 5.76 Å². The van der Waals surface area contributed by atoms with E-state index in [0.717, 1.165) is 11.1 Å². The highest BCUT2D eigenvalue weighted by molar-refractivity contribution is 5.60. The van der Waals surface area contributed by atoms with E-state index in [0.29, 0.717) is 5.76 Å². The second-order valence-corrected chi connectivity index (χ2v) is 4.11. The van der Waals surface area contributed by atoms with Gasteiger partial charge in [0.1, 0.15) is 5.76 Å². The van der Waals surface area contributed by atoms with Crippen LogP contribution in [0, 0.1) is 6.92 Å². The summed E-state index contributed by atoms with van der Waals surface area (Å²) < 4.78 is 11.1. The second-order valence-electron chi connectivity index (χ2n) is 4.11. The summed E-state index contributed by atoms with van der Waals surface area (Å²) in [5.74, 6) is 0.659. The zero-order chi connectivity index (χ0) is 12.1. The summed E-state index contributed by atoms with van der Waals surface area (Å²) in [6.45, 7) is 11.8. The molecule has 1 aromatic rings. The third-order valence-corrected chi connectivity index (χ3v) is 2.22. The fraction of sp³-hybridized carbons (Fsp3) is 0.429. The first-order valence-electron chi connectivity index (χ1n) is 5.57. The molecule has 0 aliphatic rings. The number of aryl methyl sites for hydroxylation is 1. The molecule has 1 unspecified atom stereocenters. The molecule has 0 bridgehead atoms. The van der Waals surface area contributed by atoms with Crippen molar-refractivity contribution in [3.05, 3.63) is 42.0 Å². The lowest BCUT2D eigenvalue weighted by atomic mass is 10.1. The van der Waals surface area contributed by atoms with E-state index in [2.05, 4.69) is 6.58 Å². The molecule has 0 aliphatic carbocycles. The molecular weight excluding hydrogens is 200 g/mol. The SMILES string of the molecule is C=C(OC(C)OC(C)C)c1ccccc1C. The lowest BCUT2D eigenvalue weighted by Crippen LogP contribution is -2.17. The van der Waals surface area contributed by atoms with Crippen molar-refractivity contribution in [3.8, 4) is 0 Å². The van der Waals surface area contributed by atoms with Crippen LogP contribution < -0.4 is 0 Å². The van der Waals surface area contributed by atoms with Crippen LogP contribution in [0.25, 0.3) is 5.76 Å². The predicted octanol–water partition coefficient (Wildman–Crippen LogP) is 3.75. The van der Waals surface area contributed by atoms with Gasteiger partial charge in [-0.05, 0) is 33.3 Å². The Balaban J connectivity index is 2.63. The zero-order valence-corrected chi connectivity index (χ0v) is 10.5. The smallest absolute Gasteiger partial charge is 0.197 e. The van der Waals surface area contributed by atoms with Crippen molar-refractivity contribution in [1.82, 2.24) is 0 Å². The fourth-order valence-corrected chi connectivity index (χ4v) is 1.56. The molecule has 0 aromatic heterocycles. The number of hydrogen-bond donors (Lipinski definition) is 0. The quantitative estimate of drug-likeness (QED) is 0.555. The van der Waals surface area contributed by atoms with Gasteiger partial charge in [0.25, 0.3) is 0 Å². The van der Waals surface area contributed by atoms with E-state index in [1.165, 1.54) is 0 Å². The topological polar surface area (TPSA) is 18.5 Å². The van der Waals surface area contributed by atoms with Crippen LogP contribution in [-0.4, -0.2) is 12.4 Å². The number of hydrogen-bond acceptors (Lipinski definition) is 2. The Labute approximate surface area is 97.9 Å². The zero-order valence-electron chi connectivity index (χ0n) is 10.5. The van der Waals surface area contributed by atoms with E-state index in [4.69, 9.17) is 9.47 Å². The summed E-state index contributed by atoms with van der Waals surface area (Å²) in [5, 5.41) is 0. The van der Waals surface area contributed by atoms with Gasteiger partial charge in [0.15, 0.2) is 6.29 Å². The molecule has 2 heteroatoms. The Bertz CT molecular complexity index is 356. The molecule has 0 saturated heterocycles. The van der Waals surface area contributed by atoms with Crippen LogP contribution in [0.5, 0.6) is 0 Å². The Hall–Kier alpha value is -1.28. The van der Waals surface area contributed by atoms with Gasteiger partial charge in [-0.15, -0.1) is 0 Å². The van der Waals surface area contributed by atoms with Crippen molar-refractivity contribution in [2.24, 2.45) is 0 Å². The van der Waals surface area contributed by atoms with Crippen molar-refractivity contribution in [2.45, 2.75) is 40.1 Å². The normalized spacial score (nSPS) is 12.6. The summed E-state index contributed by atoms with van der Waals surface area (Å²) in [7, 11) is 0. The Kier molecular flexibility index (Phi) is 4.56. The first kappa shape index (κ1) is 12.8. The molecule has 1 atom stereocenters. The average Bonchev–Trinajstić information content (AvgIpc) is 2.16. The van der Waals surface area contributed by atoms with Crippen LogP contribution >= 0.6 is 0 Å². The summed E-state index contributed by atoms with van der Waals surface area (Å²) in [5.41, 5.74) is 2.19. The lowest BCUT2D eigenvalue weighted by molar-refractivity contribution is -0.110. The monoisotopic (exact) mass is 220 g/mol. The summed E-state index contributed by atoms with van der Waals surface area (Å²) in [6, 6.07) is 8.02. The maximum Gasteiger partial charge on any atom is 0.197 e. The minimum Gasteiger partial charge on any atom is -0.465 e. The third-order valence-electron chi connectivity index (χ3n) is 2.22. The summed E-state index contributed by atoms with van der Waals surface area (Å²) in [6.07, 6.45) is -0.119. The van der Waals surface area contributed by atoms with Gasteiger partial charge in [0, 0.05) is 5.56 Å². The van der Waals surface area contributed by atoms with Gasteiger partial charge in [-0.3, -0.25) is 0 Å². The molecule has 0 fully saturated rings. The van der Waals surface area contributed by atoms with Gasteiger partial charge in [0.2, 0.25) is 0 Å². The Morgan fingerprint density at radius 3 is 2.38 bits per heavy atom. The van der Waals surface area contributed by atoms with Crippen molar-refractivity contribution in [3.63, 3.8) is 0 Å². The number of rotatable bonds is 5. The fourth-order valence-electron chi connectivity index (χ4n) is 1.56. The van der Waals surface area contributed by atoms with Crippen LogP contribution in [0.3, 0.4) is 0 Å². The minimum atomic E-state index is -0.271. The molecule has 0 heterocycles. The first-order valence-corrected chi connectivity index (χ1v) is 5.57. The highest BCUT2D eigenvalue weighted by Crippen LogP contribution is 2.20. The molecule has 0 spiro atoms. The van der Waals surface area contributed by atoms with Gasteiger partial charge in [-0.1, -0.05) is 30.8 Å². The minimum absolute atomic E-state index is 0.152. The van der Waals surface area contributed by atoms with Crippen molar-refractivity contribution in [1.29, 1.82) is 0 Å². The molecule has 16 heavy (non-hydrogen) atoms. The van der Waals surface area contributed by atoms with E-state index in [1.807, 2.05) is 52.0 Å². The molecule has 0 aliphatic heterocycles. The number of ether oxygens (including phenoxy) is 2. The summed E-state index contributed by atoms with van der Waals surface area (Å²) >= 11 is 0. The molecule has 88 valence electrons. The van der Waals surface area contributed by atoms with Crippen molar-refractivity contribution < 1.29 is 9.47 Å². The van der Waals surface area contributed by atoms with Crippen molar-refractivity contribution in [2.75, 3.05) is 0 Å². The van der Waals surface area contributed by atoms with Crippen LogP contribution in [0.4, 0.5) is 0 Å². The molecular formula is C14H20O2. The van der Waals surface area contributed by atoms with Gasteiger partial charge in [0.05, 0.1) is 6.10 Å². The molecule has 0 radical (unpaired) electrons. The van der Waals surface area contributed by atoms with E-state index in [-0.39, 0.29) is 12.4 Å². The molecule has 0 N–H and O–H groups in total. The van der Waals surface area contributed by atoms with Gasteiger partial charge in [-0.25, -0.2) is 0 Å². The van der Waals surface area contributed by atoms with E-state index < -0.39 is 0 Å². The van der Waals surface area contributed by atoms with Crippen LogP contribution in [0.1, 0.15) is 31.9 Å². The first-order chi connectivity index (χ1) is 7.50. The Morgan fingerprint density at radius 1 is 1.19 bits per heavy atom. The molecule has 1 rings (SSSR count). The molecule has 2 nitrogen and oxygen atoms in total. The summed E-state index contributed by atoms with van der Waals surface area (Å²) in [4.78, 5) is 0. The van der Waals surface area contributed by atoms with Crippen LogP contribution in [0.15, 0.2) is 30.8 Å². The van der Waals surface area contributed by atoms with Gasteiger partial charge < -0.3 is 9.47 Å². The maximum absolute atomic E-state index is 5.61.